The largest absolute Gasteiger partial charge is 0.350 e. The van der Waals surface area contributed by atoms with Crippen molar-refractivity contribution >= 4 is 27.8 Å². The Morgan fingerprint density at radius 3 is 2.18 bits per heavy atom. The summed E-state index contributed by atoms with van der Waals surface area (Å²) in [5, 5.41) is 1.17. The van der Waals surface area contributed by atoms with Crippen LogP contribution in [-0.4, -0.2) is 41.1 Å². The Balaban J connectivity index is 1.30. The molecule has 1 saturated heterocycles. The number of aryl methyl sites for hydroxylation is 1. The predicted molar refractivity (Wildman–Crippen MR) is 134 cm³/mol. The predicted octanol–water partition coefficient (Wildman–Crippen LogP) is 3.91. The fourth-order valence-corrected chi connectivity index (χ4v) is 5.28. The molecular formula is C28H28N5+. The summed E-state index contributed by atoms with van der Waals surface area (Å²) in [5.74, 6) is 1.02. The monoisotopic (exact) mass is 434 g/mol. The van der Waals surface area contributed by atoms with Gasteiger partial charge in [-0.15, -0.1) is 0 Å². The van der Waals surface area contributed by atoms with Crippen molar-refractivity contribution in [3.63, 3.8) is 0 Å². The number of nitrogens with zero attached hydrogens (tertiary/aromatic N) is 3. The molecule has 164 valence electrons. The zero-order valence-electron chi connectivity index (χ0n) is 18.8. The molecule has 5 heteroatoms. The van der Waals surface area contributed by atoms with Gasteiger partial charge in [-0.25, -0.2) is 9.97 Å². The van der Waals surface area contributed by atoms with Crippen LogP contribution < -0.4 is 9.80 Å². The summed E-state index contributed by atoms with van der Waals surface area (Å²) >= 11 is 0. The second-order valence-electron chi connectivity index (χ2n) is 8.99. The van der Waals surface area contributed by atoms with Gasteiger partial charge in [-0.05, 0) is 19.1 Å². The molecule has 0 radical (unpaired) electrons. The van der Waals surface area contributed by atoms with Crippen LogP contribution >= 0.6 is 0 Å². The number of hydrogen-bond donors (Lipinski definition) is 2. The molecular weight excluding hydrogens is 406 g/mol. The average molecular weight is 435 g/mol. The van der Waals surface area contributed by atoms with E-state index in [0.29, 0.717) is 6.04 Å². The SMILES string of the molecule is Cc1ccc2[nH]c3c(N4CC[NH+](C(c5ccccc5)c5ccccc5)CC4)ncnc3c2c1. The second-order valence-corrected chi connectivity index (χ2v) is 8.99. The van der Waals surface area contributed by atoms with Gasteiger partial charge >= 0.3 is 0 Å². The molecule has 1 aliphatic heterocycles. The molecule has 0 saturated carbocycles. The molecule has 0 aliphatic carbocycles. The first-order valence-electron chi connectivity index (χ1n) is 11.7. The van der Waals surface area contributed by atoms with Crippen LogP contribution in [0.2, 0.25) is 0 Å². The van der Waals surface area contributed by atoms with Crippen LogP contribution in [0.15, 0.2) is 85.2 Å². The van der Waals surface area contributed by atoms with E-state index < -0.39 is 0 Å². The van der Waals surface area contributed by atoms with Crippen molar-refractivity contribution in [2.24, 2.45) is 0 Å². The van der Waals surface area contributed by atoms with Gasteiger partial charge in [-0.1, -0.05) is 72.3 Å². The van der Waals surface area contributed by atoms with E-state index in [1.807, 2.05) is 0 Å². The number of anilines is 1. The van der Waals surface area contributed by atoms with E-state index >= 15 is 0 Å². The van der Waals surface area contributed by atoms with E-state index in [9.17, 15) is 0 Å². The second kappa shape index (κ2) is 8.34. The molecule has 0 bridgehead atoms. The summed E-state index contributed by atoms with van der Waals surface area (Å²) in [6.45, 7) is 6.16. The van der Waals surface area contributed by atoms with Gasteiger partial charge in [0.1, 0.15) is 23.4 Å². The molecule has 3 heterocycles. The Kier molecular flexibility index (Phi) is 5.04. The molecule has 1 aliphatic rings. The minimum atomic E-state index is 0.344. The molecule has 5 nitrogen and oxygen atoms in total. The van der Waals surface area contributed by atoms with Gasteiger partial charge < -0.3 is 14.8 Å². The van der Waals surface area contributed by atoms with Gasteiger partial charge in [0.2, 0.25) is 0 Å². The third-order valence-corrected chi connectivity index (χ3v) is 6.90. The highest BCUT2D eigenvalue weighted by Crippen LogP contribution is 2.30. The van der Waals surface area contributed by atoms with Gasteiger partial charge in [0.25, 0.3) is 0 Å². The molecule has 3 aromatic carbocycles. The Hall–Kier alpha value is -3.70. The van der Waals surface area contributed by atoms with Gasteiger partial charge in [0.15, 0.2) is 5.82 Å². The summed E-state index contributed by atoms with van der Waals surface area (Å²) in [6.07, 6.45) is 1.71. The molecule has 0 spiro atoms. The highest BCUT2D eigenvalue weighted by atomic mass is 15.3. The summed E-state index contributed by atoms with van der Waals surface area (Å²) in [4.78, 5) is 16.9. The highest BCUT2D eigenvalue weighted by Gasteiger charge is 2.31. The van der Waals surface area contributed by atoms with Gasteiger partial charge in [0.05, 0.1) is 26.2 Å². The third kappa shape index (κ3) is 3.64. The zero-order valence-corrected chi connectivity index (χ0v) is 18.8. The standard InChI is InChI=1S/C28H27N5/c1-20-12-13-24-23(18-20)25-26(31-24)28(30-19-29-25)33-16-14-32(15-17-33)27(21-8-4-2-5-9-21)22-10-6-3-7-11-22/h2-13,18-19,27,31H,14-17H2,1H3/p+1. The minimum Gasteiger partial charge on any atom is -0.350 e. The number of aromatic nitrogens is 3. The molecule has 0 amide bonds. The number of rotatable bonds is 4. The van der Waals surface area contributed by atoms with Crippen LogP contribution in [-0.2, 0) is 0 Å². The van der Waals surface area contributed by atoms with Crippen LogP contribution in [0.4, 0.5) is 5.82 Å². The van der Waals surface area contributed by atoms with Crippen molar-refractivity contribution in [3.8, 4) is 0 Å². The van der Waals surface area contributed by atoms with Crippen molar-refractivity contribution in [2.75, 3.05) is 31.1 Å². The van der Waals surface area contributed by atoms with Crippen LogP contribution in [0.1, 0.15) is 22.7 Å². The lowest BCUT2D eigenvalue weighted by molar-refractivity contribution is -0.926. The maximum Gasteiger partial charge on any atom is 0.156 e. The normalized spacial score (nSPS) is 15.0. The van der Waals surface area contributed by atoms with Crippen LogP contribution in [0.25, 0.3) is 21.9 Å². The maximum absolute atomic E-state index is 4.71. The number of hydrogen-bond acceptors (Lipinski definition) is 3. The number of nitrogens with one attached hydrogen (secondary N) is 2. The molecule has 2 aromatic heterocycles. The Morgan fingerprint density at radius 2 is 1.52 bits per heavy atom. The van der Waals surface area contributed by atoms with Crippen molar-refractivity contribution in [1.82, 2.24) is 15.0 Å². The van der Waals surface area contributed by atoms with Crippen LogP contribution in [0.5, 0.6) is 0 Å². The minimum absolute atomic E-state index is 0.344. The molecule has 1 fully saturated rings. The number of quaternary nitrogens is 1. The van der Waals surface area contributed by atoms with Crippen molar-refractivity contribution in [1.29, 1.82) is 0 Å². The van der Waals surface area contributed by atoms with Crippen molar-refractivity contribution in [3.05, 3.63) is 102 Å². The van der Waals surface area contributed by atoms with E-state index in [1.165, 1.54) is 22.1 Å². The van der Waals surface area contributed by atoms with Gasteiger partial charge in [-0.3, -0.25) is 0 Å². The lowest BCUT2D eigenvalue weighted by atomic mass is 9.96. The Bertz CT molecular complexity index is 1350. The number of benzene rings is 3. The first kappa shape index (κ1) is 19.9. The molecule has 33 heavy (non-hydrogen) atoms. The topological polar surface area (TPSA) is 49.2 Å². The maximum atomic E-state index is 4.71. The summed E-state index contributed by atoms with van der Waals surface area (Å²) in [7, 11) is 0. The lowest BCUT2D eigenvalue weighted by Crippen LogP contribution is -3.15. The van der Waals surface area contributed by atoms with E-state index in [-0.39, 0.29) is 0 Å². The summed E-state index contributed by atoms with van der Waals surface area (Å²) < 4.78 is 0. The van der Waals surface area contributed by atoms with E-state index in [1.54, 1.807) is 11.2 Å². The first-order chi connectivity index (χ1) is 16.3. The van der Waals surface area contributed by atoms with Crippen LogP contribution in [0, 0.1) is 6.92 Å². The summed E-state index contributed by atoms with van der Waals surface area (Å²) in [6, 6.07) is 28.7. The molecule has 0 atom stereocenters. The quantitative estimate of drug-likeness (QED) is 0.451. The lowest BCUT2D eigenvalue weighted by Gasteiger charge is -2.37. The van der Waals surface area contributed by atoms with Crippen molar-refractivity contribution in [2.45, 2.75) is 13.0 Å². The number of piperazine rings is 1. The average Bonchev–Trinajstić information content (AvgIpc) is 3.24. The summed E-state index contributed by atoms with van der Waals surface area (Å²) in [5.41, 5.74) is 7.18. The van der Waals surface area contributed by atoms with E-state index in [0.717, 1.165) is 48.5 Å². The third-order valence-electron chi connectivity index (χ3n) is 6.90. The van der Waals surface area contributed by atoms with E-state index in [4.69, 9.17) is 4.98 Å². The van der Waals surface area contributed by atoms with Gasteiger partial charge in [-0.2, -0.15) is 0 Å². The van der Waals surface area contributed by atoms with Gasteiger partial charge in [0, 0.05) is 22.0 Å². The zero-order chi connectivity index (χ0) is 22.2. The Morgan fingerprint density at radius 1 is 0.848 bits per heavy atom. The van der Waals surface area contributed by atoms with E-state index in [2.05, 4.69) is 101 Å². The molecule has 2 N–H and O–H groups in total. The fourth-order valence-electron chi connectivity index (χ4n) is 5.28. The first-order valence-corrected chi connectivity index (χ1v) is 11.7. The fraction of sp³-hybridized carbons (Fsp3) is 0.214. The highest BCUT2D eigenvalue weighted by molar-refractivity contribution is 6.08. The number of aromatic amines is 1. The Labute approximate surface area is 193 Å². The smallest absolute Gasteiger partial charge is 0.156 e. The number of H-pyrrole nitrogens is 1. The molecule has 0 unspecified atom stereocenters. The van der Waals surface area contributed by atoms with Crippen LogP contribution in [0.3, 0.4) is 0 Å². The molecule has 6 rings (SSSR count). The number of fused-ring (bicyclic) bond motifs is 3. The molecule has 5 aromatic rings. The van der Waals surface area contributed by atoms with Crippen molar-refractivity contribution < 1.29 is 4.90 Å².